The molecule has 4 nitrogen and oxygen atoms in total. The number of nitrogens with one attached hydrogen (secondary N) is 2. The Morgan fingerprint density at radius 2 is 2.19 bits per heavy atom. The van der Waals surface area contributed by atoms with E-state index in [-0.39, 0.29) is 19.1 Å². The van der Waals surface area contributed by atoms with E-state index in [9.17, 15) is 18.0 Å². The van der Waals surface area contributed by atoms with E-state index >= 15 is 0 Å². The van der Waals surface area contributed by atoms with Crippen LogP contribution in [0.2, 0.25) is 0 Å². The monoisotopic (exact) mass is 302 g/mol. The summed E-state index contributed by atoms with van der Waals surface area (Å²) in [4.78, 5) is 12.1. The van der Waals surface area contributed by atoms with Crippen molar-refractivity contribution in [2.45, 2.75) is 19.0 Å². The van der Waals surface area contributed by atoms with E-state index in [2.05, 4.69) is 15.4 Å². The van der Waals surface area contributed by atoms with Crippen molar-refractivity contribution in [1.29, 1.82) is 0 Å². The summed E-state index contributed by atoms with van der Waals surface area (Å²) >= 11 is 0. The van der Waals surface area contributed by atoms with Gasteiger partial charge in [-0.1, -0.05) is 6.07 Å². The van der Waals surface area contributed by atoms with Crippen LogP contribution < -0.4 is 10.6 Å². The average Bonchev–Trinajstić information content (AvgIpc) is 2.45. The van der Waals surface area contributed by atoms with Gasteiger partial charge in [0.05, 0.1) is 6.61 Å². The summed E-state index contributed by atoms with van der Waals surface area (Å²) in [6.45, 7) is -0.540. The van der Waals surface area contributed by atoms with Crippen LogP contribution in [0.5, 0.6) is 0 Å². The molecule has 1 aromatic rings. The number of hydrogen-bond donors (Lipinski definition) is 2. The van der Waals surface area contributed by atoms with E-state index in [1.165, 1.54) is 0 Å². The highest BCUT2D eigenvalue weighted by atomic mass is 19.4. The average molecular weight is 302 g/mol. The number of hydrogen-bond acceptors (Lipinski definition) is 3. The molecule has 0 spiro atoms. The van der Waals surface area contributed by atoms with Crippen molar-refractivity contribution in [3.05, 3.63) is 29.3 Å². The van der Waals surface area contributed by atoms with Crippen molar-refractivity contribution in [2.24, 2.45) is 0 Å². The normalized spacial score (nSPS) is 14.2. The molecule has 0 aliphatic carbocycles. The third-order valence-electron chi connectivity index (χ3n) is 3.14. The molecule has 2 rings (SSSR count). The Morgan fingerprint density at radius 1 is 1.38 bits per heavy atom. The second-order valence-electron chi connectivity index (χ2n) is 4.79. The van der Waals surface area contributed by atoms with Gasteiger partial charge in [-0.05, 0) is 30.5 Å². The molecule has 116 valence electrons. The molecule has 0 unspecified atom stereocenters. The Labute approximate surface area is 120 Å². The topological polar surface area (TPSA) is 50.4 Å². The van der Waals surface area contributed by atoms with Crippen LogP contribution >= 0.6 is 0 Å². The van der Waals surface area contributed by atoms with Crippen molar-refractivity contribution in [1.82, 2.24) is 5.32 Å². The number of ether oxygens (including phenoxy) is 1. The lowest BCUT2D eigenvalue weighted by Crippen LogP contribution is -2.30. The fourth-order valence-corrected chi connectivity index (χ4v) is 2.24. The molecule has 1 amide bonds. The standard InChI is InChI=1S/C14H17F3N2O2/c15-14(16,17)9-21-8-7-19-13(20)11-3-1-5-12-10(11)4-2-6-18-12/h1,3,5,18H,2,4,6-9H2,(H,19,20). The number of benzene rings is 1. The summed E-state index contributed by atoms with van der Waals surface area (Å²) in [5.74, 6) is -0.286. The smallest absolute Gasteiger partial charge is 0.385 e. The first-order valence-electron chi connectivity index (χ1n) is 6.76. The lowest BCUT2D eigenvalue weighted by atomic mass is 9.97. The lowest BCUT2D eigenvalue weighted by molar-refractivity contribution is -0.173. The summed E-state index contributed by atoms with van der Waals surface area (Å²) in [5, 5.41) is 5.80. The van der Waals surface area contributed by atoms with Gasteiger partial charge in [0.15, 0.2) is 0 Å². The van der Waals surface area contributed by atoms with Gasteiger partial charge in [0.1, 0.15) is 6.61 Å². The third-order valence-corrected chi connectivity index (χ3v) is 3.14. The van der Waals surface area contributed by atoms with E-state index in [0.717, 1.165) is 30.6 Å². The third kappa shape index (κ3) is 4.63. The minimum Gasteiger partial charge on any atom is -0.385 e. The Morgan fingerprint density at radius 3 is 2.95 bits per heavy atom. The van der Waals surface area contributed by atoms with Crippen LogP contribution in [0.25, 0.3) is 0 Å². The maximum absolute atomic E-state index is 12.1. The van der Waals surface area contributed by atoms with Gasteiger partial charge in [-0.25, -0.2) is 0 Å². The quantitative estimate of drug-likeness (QED) is 0.821. The molecule has 1 heterocycles. The Hall–Kier alpha value is -1.76. The molecule has 1 aliphatic rings. The fourth-order valence-electron chi connectivity index (χ4n) is 2.24. The van der Waals surface area contributed by atoms with E-state index in [4.69, 9.17) is 0 Å². The molecule has 7 heteroatoms. The van der Waals surface area contributed by atoms with Crippen molar-refractivity contribution < 1.29 is 22.7 Å². The molecule has 1 aromatic carbocycles. The number of anilines is 1. The van der Waals surface area contributed by atoms with E-state index < -0.39 is 12.8 Å². The van der Waals surface area contributed by atoms with Gasteiger partial charge >= 0.3 is 6.18 Å². The van der Waals surface area contributed by atoms with Gasteiger partial charge in [0.2, 0.25) is 0 Å². The summed E-state index contributed by atoms with van der Waals surface area (Å²) in [6.07, 6.45) is -2.57. The largest absolute Gasteiger partial charge is 0.411 e. The number of amides is 1. The van der Waals surface area contributed by atoms with Crippen molar-refractivity contribution >= 4 is 11.6 Å². The van der Waals surface area contributed by atoms with Crippen LogP contribution in [-0.4, -0.2) is 38.4 Å². The minimum atomic E-state index is -4.34. The van der Waals surface area contributed by atoms with E-state index in [1.54, 1.807) is 12.1 Å². The van der Waals surface area contributed by atoms with Crippen LogP contribution in [0.15, 0.2) is 18.2 Å². The maximum atomic E-state index is 12.1. The summed E-state index contributed by atoms with van der Waals surface area (Å²) in [6, 6.07) is 5.42. The highest BCUT2D eigenvalue weighted by molar-refractivity contribution is 5.97. The fraction of sp³-hybridized carbons (Fsp3) is 0.500. The van der Waals surface area contributed by atoms with Gasteiger partial charge in [-0.3, -0.25) is 4.79 Å². The first kappa shape index (κ1) is 15.6. The number of halogens is 3. The zero-order chi connectivity index (χ0) is 15.3. The molecule has 0 radical (unpaired) electrons. The van der Waals surface area contributed by atoms with Crippen LogP contribution in [0.3, 0.4) is 0 Å². The Balaban J connectivity index is 1.84. The zero-order valence-corrected chi connectivity index (χ0v) is 11.4. The molecular weight excluding hydrogens is 285 g/mol. The van der Waals surface area contributed by atoms with Crippen molar-refractivity contribution in [2.75, 3.05) is 31.6 Å². The lowest BCUT2D eigenvalue weighted by Gasteiger charge is -2.20. The van der Waals surface area contributed by atoms with Crippen molar-refractivity contribution in [3.63, 3.8) is 0 Å². The minimum absolute atomic E-state index is 0.0476. The summed E-state index contributed by atoms with van der Waals surface area (Å²) < 4.78 is 40.1. The maximum Gasteiger partial charge on any atom is 0.411 e. The Kier molecular flexibility index (Phi) is 5.06. The molecule has 0 fully saturated rings. The van der Waals surface area contributed by atoms with Crippen LogP contribution in [-0.2, 0) is 11.2 Å². The number of fused-ring (bicyclic) bond motifs is 1. The molecule has 21 heavy (non-hydrogen) atoms. The highest BCUT2D eigenvalue weighted by Crippen LogP contribution is 2.25. The number of carbonyl (C=O) groups is 1. The van der Waals surface area contributed by atoms with Crippen LogP contribution in [0.1, 0.15) is 22.3 Å². The number of alkyl halides is 3. The molecule has 0 saturated carbocycles. The summed E-state index contributed by atoms with van der Waals surface area (Å²) in [7, 11) is 0. The predicted molar refractivity (Wildman–Crippen MR) is 72.5 cm³/mol. The van der Waals surface area contributed by atoms with Gasteiger partial charge in [0.25, 0.3) is 5.91 Å². The van der Waals surface area contributed by atoms with Gasteiger partial charge in [0, 0.05) is 24.3 Å². The van der Waals surface area contributed by atoms with E-state index in [1.807, 2.05) is 6.07 Å². The molecule has 0 saturated heterocycles. The van der Waals surface area contributed by atoms with Crippen molar-refractivity contribution in [3.8, 4) is 0 Å². The summed E-state index contributed by atoms with van der Waals surface area (Å²) in [5.41, 5.74) is 2.47. The SMILES string of the molecule is O=C(NCCOCC(F)(F)F)c1cccc2c1CCCN2. The first-order valence-corrected chi connectivity index (χ1v) is 6.76. The highest BCUT2D eigenvalue weighted by Gasteiger charge is 2.27. The number of carbonyl (C=O) groups excluding carboxylic acids is 1. The molecule has 0 atom stereocenters. The molecule has 2 N–H and O–H groups in total. The molecule has 0 aromatic heterocycles. The van der Waals surface area contributed by atoms with Crippen LogP contribution in [0, 0.1) is 0 Å². The molecular formula is C14H17F3N2O2. The van der Waals surface area contributed by atoms with Crippen LogP contribution in [0.4, 0.5) is 18.9 Å². The Bertz CT molecular complexity index is 503. The van der Waals surface area contributed by atoms with Gasteiger partial charge in [-0.2, -0.15) is 13.2 Å². The second kappa shape index (κ2) is 6.80. The number of rotatable bonds is 5. The molecule has 1 aliphatic heterocycles. The predicted octanol–water partition coefficient (Wildman–Crippen LogP) is 2.35. The van der Waals surface area contributed by atoms with Gasteiger partial charge < -0.3 is 15.4 Å². The first-order chi connectivity index (χ1) is 9.97. The zero-order valence-electron chi connectivity index (χ0n) is 11.4. The molecule has 0 bridgehead atoms. The van der Waals surface area contributed by atoms with Gasteiger partial charge in [-0.15, -0.1) is 0 Å². The second-order valence-corrected chi connectivity index (χ2v) is 4.79. The van der Waals surface area contributed by atoms with E-state index in [0.29, 0.717) is 5.56 Å².